The van der Waals surface area contributed by atoms with Gasteiger partial charge in [-0.2, -0.15) is 0 Å². The predicted octanol–water partition coefficient (Wildman–Crippen LogP) is 2.87. The smallest absolute Gasteiger partial charge is 0.207 e. The lowest BCUT2D eigenvalue weighted by atomic mass is 10.3. The topological polar surface area (TPSA) is 46.2 Å². The monoisotopic (exact) mass is 285 g/mol. The van der Waals surface area contributed by atoms with Crippen molar-refractivity contribution in [2.75, 3.05) is 0 Å². The fourth-order valence-corrected chi connectivity index (χ4v) is 4.63. The quantitative estimate of drug-likeness (QED) is 0.942. The van der Waals surface area contributed by atoms with Gasteiger partial charge < -0.3 is 0 Å². The van der Waals surface area contributed by atoms with Crippen molar-refractivity contribution in [3.63, 3.8) is 0 Å². The summed E-state index contributed by atoms with van der Waals surface area (Å²) in [5, 5.41) is 0.626. The lowest BCUT2D eigenvalue weighted by molar-refractivity contribution is 0.560. The van der Waals surface area contributed by atoms with Gasteiger partial charge in [-0.05, 0) is 49.4 Å². The molecule has 0 bridgehead atoms. The summed E-state index contributed by atoms with van der Waals surface area (Å²) in [5.74, 6) is -0.355. The minimum atomic E-state index is -3.48. The number of rotatable bonds is 3. The van der Waals surface area contributed by atoms with Crippen LogP contribution in [-0.4, -0.2) is 14.0 Å². The number of thiophene rings is 1. The molecule has 1 aliphatic carbocycles. The Balaban J connectivity index is 2.03. The average Bonchev–Trinajstić information content (AvgIpc) is 2.83. The first-order valence-electron chi connectivity index (χ1n) is 5.61. The molecule has 1 aromatic carbocycles. The Kier molecular flexibility index (Phi) is 2.52. The van der Waals surface area contributed by atoms with Crippen molar-refractivity contribution >= 4 is 31.4 Å². The third kappa shape index (κ3) is 2.15. The van der Waals surface area contributed by atoms with Crippen LogP contribution >= 0.6 is 11.3 Å². The standard InChI is InChI=1S/C12H12FNO2S2/c1-12(4-5-12)14-18(15,16)11-7-8-6-9(13)2-3-10(8)17-11/h2-3,6-7,14H,4-5H2,1H3. The van der Waals surface area contributed by atoms with E-state index in [-0.39, 0.29) is 15.6 Å². The summed E-state index contributed by atoms with van der Waals surface area (Å²) in [5.41, 5.74) is -0.291. The van der Waals surface area contributed by atoms with Crippen molar-refractivity contribution in [2.24, 2.45) is 0 Å². The molecular formula is C12H12FNO2S2. The summed E-state index contributed by atoms with van der Waals surface area (Å²) in [6, 6.07) is 5.82. The van der Waals surface area contributed by atoms with Crippen LogP contribution in [0.1, 0.15) is 19.8 Å². The van der Waals surface area contributed by atoms with Gasteiger partial charge in [0.2, 0.25) is 0 Å². The van der Waals surface area contributed by atoms with Gasteiger partial charge in [-0.15, -0.1) is 11.3 Å². The molecule has 1 heterocycles. The van der Waals surface area contributed by atoms with E-state index in [0.29, 0.717) is 5.39 Å². The molecule has 0 atom stereocenters. The van der Waals surface area contributed by atoms with Gasteiger partial charge in [0.25, 0.3) is 10.0 Å². The largest absolute Gasteiger partial charge is 0.250 e. The number of hydrogen-bond donors (Lipinski definition) is 1. The van der Waals surface area contributed by atoms with E-state index >= 15 is 0 Å². The van der Waals surface area contributed by atoms with Gasteiger partial charge in [-0.25, -0.2) is 17.5 Å². The Morgan fingerprint density at radius 3 is 2.72 bits per heavy atom. The molecule has 2 aromatic rings. The third-order valence-corrected chi connectivity index (χ3v) is 6.33. The molecule has 0 saturated heterocycles. The number of hydrogen-bond acceptors (Lipinski definition) is 3. The molecule has 6 heteroatoms. The molecule has 0 radical (unpaired) electrons. The first-order chi connectivity index (χ1) is 8.38. The highest BCUT2D eigenvalue weighted by Crippen LogP contribution is 2.37. The number of sulfonamides is 1. The molecular weight excluding hydrogens is 273 g/mol. The van der Waals surface area contributed by atoms with Crippen LogP contribution in [0.5, 0.6) is 0 Å². The summed E-state index contributed by atoms with van der Waals surface area (Å²) in [6.45, 7) is 1.89. The SMILES string of the molecule is CC1(NS(=O)(=O)c2cc3cc(F)ccc3s2)CC1. The van der Waals surface area contributed by atoms with Crippen molar-refractivity contribution < 1.29 is 12.8 Å². The van der Waals surface area contributed by atoms with Crippen molar-refractivity contribution in [3.05, 3.63) is 30.1 Å². The van der Waals surface area contributed by atoms with Gasteiger partial charge in [0.1, 0.15) is 10.0 Å². The number of fused-ring (bicyclic) bond motifs is 1. The maximum absolute atomic E-state index is 13.1. The van der Waals surface area contributed by atoms with E-state index in [0.717, 1.165) is 28.9 Å². The summed E-state index contributed by atoms with van der Waals surface area (Å²) >= 11 is 1.16. The Hall–Kier alpha value is -0.980. The van der Waals surface area contributed by atoms with E-state index in [1.807, 2.05) is 6.92 Å². The van der Waals surface area contributed by atoms with Crippen LogP contribution < -0.4 is 4.72 Å². The first kappa shape index (κ1) is 12.1. The van der Waals surface area contributed by atoms with Crippen molar-refractivity contribution in [3.8, 4) is 0 Å². The zero-order valence-electron chi connectivity index (χ0n) is 9.73. The molecule has 1 saturated carbocycles. The highest BCUT2D eigenvalue weighted by Gasteiger charge is 2.41. The van der Waals surface area contributed by atoms with E-state index in [1.54, 1.807) is 6.07 Å². The van der Waals surface area contributed by atoms with Crippen LogP contribution in [0, 0.1) is 5.82 Å². The van der Waals surface area contributed by atoms with Gasteiger partial charge in [-0.3, -0.25) is 0 Å². The Morgan fingerprint density at radius 1 is 1.33 bits per heavy atom. The van der Waals surface area contributed by atoms with Crippen LogP contribution in [0.3, 0.4) is 0 Å². The molecule has 0 amide bonds. The highest BCUT2D eigenvalue weighted by atomic mass is 32.2. The normalized spacial score (nSPS) is 18.1. The fraction of sp³-hybridized carbons (Fsp3) is 0.333. The molecule has 1 N–H and O–H groups in total. The van der Waals surface area contributed by atoms with Gasteiger partial charge in [0.05, 0.1) is 0 Å². The highest BCUT2D eigenvalue weighted by molar-refractivity contribution is 7.91. The molecule has 0 unspecified atom stereocenters. The van der Waals surface area contributed by atoms with E-state index in [4.69, 9.17) is 0 Å². The maximum atomic E-state index is 13.1. The maximum Gasteiger partial charge on any atom is 0.250 e. The second-order valence-electron chi connectivity index (χ2n) is 4.91. The molecule has 3 nitrogen and oxygen atoms in total. The molecule has 3 rings (SSSR count). The first-order valence-corrected chi connectivity index (χ1v) is 7.91. The number of halogens is 1. The molecule has 96 valence electrons. The lowest BCUT2D eigenvalue weighted by Gasteiger charge is -2.09. The Bertz CT molecular complexity index is 717. The Morgan fingerprint density at radius 2 is 2.06 bits per heavy atom. The molecule has 0 aliphatic heterocycles. The van der Waals surface area contributed by atoms with Crippen LogP contribution in [0.15, 0.2) is 28.5 Å². The van der Waals surface area contributed by atoms with Gasteiger partial charge >= 0.3 is 0 Å². The second kappa shape index (κ2) is 3.76. The molecule has 1 fully saturated rings. The summed E-state index contributed by atoms with van der Waals surface area (Å²) < 4.78 is 41.1. The van der Waals surface area contributed by atoms with Crippen molar-refractivity contribution in [1.29, 1.82) is 0 Å². The zero-order chi connectivity index (χ0) is 13.0. The Labute approximate surface area is 109 Å². The van der Waals surface area contributed by atoms with Crippen molar-refractivity contribution in [1.82, 2.24) is 4.72 Å². The van der Waals surface area contributed by atoms with Crippen LogP contribution in [0.25, 0.3) is 10.1 Å². The number of benzene rings is 1. The average molecular weight is 285 g/mol. The van der Waals surface area contributed by atoms with E-state index in [1.165, 1.54) is 18.2 Å². The minimum absolute atomic E-state index is 0.247. The summed E-state index contributed by atoms with van der Waals surface area (Å²) in [7, 11) is -3.48. The molecule has 1 aliphatic rings. The van der Waals surface area contributed by atoms with Gasteiger partial charge in [0.15, 0.2) is 0 Å². The van der Waals surface area contributed by atoms with E-state index < -0.39 is 10.0 Å². The van der Waals surface area contributed by atoms with Crippen LogP contribution in [0.2, 0.25) is 0 Å². The zero-order valence-corrected chi connectivity index (χ0v) is 11.4. The van der Waals surface area contributed by atoms with Gasteiger partial charge in [-0.1, -0.05) is 0 Å². The molecule has 0 spiro atoms. The van der Waals surface area contributed by atoms with Crippen LogP contribution in [0.4, 0.5) is 4.39 Å². The van der Waals surface area contributed by atoms with Crippen LogP contribution in [-0.2, 0) is 10.0 Å². The van der Waals surface area contributed by atoms with Crippen molar-refractivity contribution in [2.45, 2.75) is 29.5 Å². The minimum Gasteiger partial charge on any atom is -0.207 e. The third-order valence-electron chi connectivity index (χ3n) is 3.10. The van der Waals surface area contributed by atoms with E-state index in [9.17, 15) is 12.8 Å². The van der Waals surface area contributed by atoms with E-state index in [2.05, 4.69) is 4.72 Å². The lowest BCUT2D eigenvalue weighted by Crippen LogP contribution is -2.33. The predicted molar refractivity (Wildman–Crippen MR) is 69.7 cm³/mol. The summed E-state index contributed by atoms with van der Waals surface area (Å²) in [4.78, 5) is 0. The fourth-order valence-electron chi connectivity index (χ4n) is 1.79. The molecule has 18 heavy (non-hydrogen) atoms. The number of nitrogens with one attached hydrogen (secondary N) is 1. The molecule has 1 aromatic heterocycles. The van der Waals surface area contributed by atoms with Gasteiger partial charge in [0, 0.05) is 10.2 Å². The second-order valence-corrected chi connectivity index (χ2v) is 7.91. The summed E-state index contributed by atoms with van der Waals surface area (Å²) in [6.07, 6.45) is 1.73.